The predicted molar refractivity (Wildman–Crippen MR) is 73.3 cm³/mol. The van der Waals surface area contributed by atoms with Gasteiger partial charge in [-0.25, -0.2) is 0 Å². The molecule has 3 nitrogen and oxygen atoms in total. The van der Waals surface area contributed by atoms with Crippen LogP contribution in [0, 0.1) is 5.92 Å². The molecule has 0 N–H and O–H groups in total. The molecule has 0 saturated heterocycles. The zero-order valence-corrected chi connectivity index (χ0v) is 10.8. The first-order chi connectivity index (χ1) is 8.79. The molecule has 0 unspecified atom stereocenters. The number of hydrogen-bond acceptors (Lipinski definition) is 2. The summed E-state index contributed by atoms with van der Waals surface area (Å²) < 4.78 is 3.20. The molecule has 1 aliphatic rings. The highest BCUT2D eigenvalue weighted by Crippen LogP contribution is 2.30. The Labute approximate surface area is 109 Å². The van der Waals surface area contributed by atoms with E-state index in [1.165, 1.54) is 0 Å². The molecule has 0 aliphatic heterocycles. The van der Waals surface area contributed by atoms with Crippen LogP contribution in [-0.2, 0) is 11.3 Å². The Kier molecular flexibility index (Phi) is 2.88. The minimum absolute atomic E-state index is 0.0272. The number of fused-ring (bicyclic) bond motifs is 1. The smallest absolute Gasteiger partial charge is 0.251 e. The van der Waals surface area contributed by atoms with Gasteiger partial charge in [-0.05, 0) is 25.0 Å². The van der Waals surface area contributed by atoms with Gasteiger partial charge in [0, 0.05) is 12.5 Å². The maximum Gasteiger partial charge on any atom is 0.251 e. The second kappa shape index (κ2) is 4.53. The van der Waals surface area contributed by atoms with Gasteiger partial charge in [0.05, 0.1) is 10.2 Å². The Hall–Kier alpha value is -1.68. The van der Waals surface area contributed by atoms with Gasteiger partial charge >= 0.3 is 0 Å². The summed E-state index contributed by atoms with van der Waals surface area (Å²) in [5.41, 5.74) is 1.12. The third-order valence-corrected chi connectivity index (χ3v) is 4.09. The minimum Gasteiger partial charge on any atom is -0.313 e. The number of aromatic nitrogens is 1. The van der Waals surface area contributed by atoms with Crippen molar-refractivity contribution >= 4 is 27.5 Å². The first-order valence-electron chi connectivity index (χ1n) is 6.07. The second-order valence-electron chi connectivity index (χ2n) is 4.48. The fourth-order valence-corrected chi connectivity index (χ4v) is 2.97. The first-order valence-corrected chi connectivity index (χ1v) is 6.89. The van der Waals surface area contributed by atoms with E-state index in [9.17, 15) is 4.79 Å². The van der Waals surface area contributed by atoms with E-state index in [1.807, 2.05) is 22.8 Å². The number of para-hydroxylation sites is 1. The SMILES string of the molecule is C=CCn1c(=NC(=O)C2CC2)sc2ccccc21. The number of benzene rings is 1. The molecule has 1 aromatic carbocycles. The Balaban J connectivity index is 2.17. The zero-order chi connectivity index (χ0) is 12.5. The van der Waals surface area contributed by atoms with Crippen molar-refractivity contribution < 1.29 is 4.79 Å². The molecule has 92 valence electrons. The van der Waals surface area contributed by atoms with Gasteiger partial charge in [0.15, 0.2) is 4.80 Å². The number of amides is 1. The number of carbonyl (C=O) groups is 1. The van der Waals surface area contributed by atoms with Crippen LogP contribution in [0.5, 0.6) is 0 Å². The van der Waals surface area contributed by atoms with Gasteiger partial charge < -0.3 is 4.57 Å². The van der Waals surface area contributed by atoms with Gasteiger partial charge in [-0.2, -0.15) is 4.99 Å². The van der Waals surface area contributed by atoms with Crippen molar-refractivity contribution in [2.75, 3.05) is 0 Å². The van der Waals surface area contributed by atoms with Crippen molar-refractivity contribution in [3.8, 4) is 0 Å². The molecule has 0 bridgehead atoms. The highest BCUT2D eigenvalue weighted by atomic mass is 32.1. The summed E-state index contributed by atoms with van der Waals surface area (Å²) in [6.07, 6.45) is 3.82. The molecule has 1 heterocycles. The molecule has 2 aromatic rings. The van der Waals surface area contributed by atoms with Crippen molar-refractivity contribution in [1.29, 1.82) is 0 Å². The quantitative estimate of drug-likeness (QED) is 0.779. The van der Waals surface area contributed by atoms with Crippen LogP contribution < -0.4 is 4.80 Å². The Bertz CT molecular complexity index is 676. The lowest BCUT2D eigenvalue weighted by Gasteiger charge is -1.99. The summed E-state index contributed by atoms with van der Waals surface area (Å²) in [6, 6.07) is 8.11. The molecule has 0 radical (unpaired) electrons. The van der Waals surface area contributed by atoms with Gasteiger partial charge in [-0.1, -0.05) is 29.5 Å². The van der Waals surface area contributed by atoms with Crippen molar-refractivity contribution in [2.24, 2.45) is 10.9 Å². The molecule has 0 atom stereocenters. The first kappa shape index (κ1) is 11.4. The monoisotopic (exact) mass is 258 g/mol. The highest BCUT2D eigenvalue weighted by molar-refractivity contribution is 7.16. The molecular formula is C14H14N2OS. The lowest BCUT2D eigenvalue weighted by atomic mass is 10.3. The molecule has 1 aromatic heterocycles. The van der Waals surface area contributed by atoms with Gasteiger partial charge in [0.1, 0.15) is 0 Å². The molecule has 4 heteroatoms. The van der Waals surface area contributed by atoms with Crippen LogP contribution in [-0.4, -0.2) is 10.5 Å². The van der Waals surface area contributed by atoms with E-state index in [4.69, 9.17) is 0 Å². The number of carbonyl (C=O) groups excluding carboxylic acids is 1. The Morgan fingerprint density at radius 3 is 3.00 bits per heavy atom. The minimum atomic E-state index is 0.0272. The molecule has 1 aliphatic carbocycles. The van der Waals surface area contributed by atoms with Crippen LogP contribution in [0.1, 0.15) is 12.8 Å². The van der Waals surface area contributed by atoms with Crippen molar-refractivity contribution in [3.63, 3.8) is 0 Å². The predicted octanol–water partition coefficient (Wildman–Crippen LogP) is 2.73. The zero-order valence-electron chi connectivity index (χ0n) is 10.0. The second-order valence-corrected chi connectivity index (χ2v) is 5.49. The fourth-order valence-electron chi connectivity index (χ4n) is 1.93. The van der Waals surface area contributed by atoms with E-state index in [0.717, 1.165) is 27.9 Å². The molecule has 1 saturated carbocycles. The van der Waals surface area contributed by atoms with E-state index in [1.54, 1.807) is 11.3 Å². The van der Waals surface area contributed by atoms with E-state index in [-0.39, 0.29) is 11.8 Å². The van der Waals surface area contributed by atoms with Crippen molar-refractivity contribution in [1.82, 2.24) is 4.57 Å². The molecule has 18 heavy (non-hydrogen) atoms. The number of nitrogens with zero attached hydrogens (tertiary/aromatic N) is 2. The van der Waals surface area contributed by atoms with Crippen molar-refractivity contribution in [3.05, 3.63) is 41.7 Å². The molecule has 1 fully saturated rings. The van der Waals surface area contributed by atoms with Gasteiger partial charge in [0.25, 0.3) is 5.91 Å². The van der Waals surface area contributed by atoms with Crippen LogP contribution in [0.15, 0.2) is 41.9 Å². The maximum atomic E-state index is 11.8. The third-order valence-electron chi connectivity index (χ3n) is 3.03. The van der Waals surface area contributed by atoms with Gasteiger partial charge in [-0.15, -0.1) is 6.58 Å². The fraction of sp³-hybridized carbons (Fsp3) is 0.286. The summed E-state index contributed by atoms with van der Waals surface area (Å²) in [7, 11) is 0. The number of hydrogen-bond donors (Lipinski definition) is 0. The summed E-state index contributed by atoms with van der Waals surface area (Å²) in [5.74, 6) is 0.201. The highest BCUT2D eigenvalue weighted by Gasteiger charge is 2.29. The Morgan fingerprint density at radius 1 is 1.50 bits per heavy atom. The molecular weight excluding hydrogens is 244 g/mol. The summed E-state index contributed by atoms with van der Waals surface area (Å²) in [6.45, 7) is 4.45. The van der Waals surface area contributed by atoms with E-state index in [0.29, 0.717) is 6.54 Å². The lowest BCUT2D eigenvalue weighted by Crippen LogP contribution is -2.16. The number of rotatable bonds is 3. The Morgan fingerprint density at radius 2 is 2.28 bits per heavy atom. The summed E-state index contributed by atoms with van der Waals surface area (Å²) >= 11 is 1.57. The average Bonchev–Trinajstić information content (AvgIpc) is 3.16. The van der Waals surface area contributed by atoms with Gasteiger partial charge in [-0.3, -0.25) is 4.79 Å². The van der Waals surface area contributed by atoms with E-state index in [2.05, 4.69) is 23.7 Å². The van der Waals surface area contributed by atoms with Crippen LogP contribution in [0.25, 0.3) is 10.2 Å². The molecule has 0 spiro atoms. The third kappa shape index (κ3) is 2.04. The largest absolute Gasteiger partial charge is 0.313 e. The summed E-state index contributed by atoms with van der Waals surface area (Å²) in [5, 5.41) is 0. The van der Waals surface area contributed by atoms with Crippen LogP contribution in [0.2, 0.25) is 0 Å². The normalized spacial score (nSPS) is 16.1. The van der Waals surface area contributed by atoms with Gasteiger partial charge in [0.2, 0.25) is 0 Å². The number of allylic oxidation sites excluding steroid dienone is 1. The summed E-state index contributed by atoms with van der Waals surface area (Å²) in [4.78, 5) is 16.9. The molecule has 1 amide bonds. The average molecular weight is 258 g/mol. The van der Waals surface area contributed by atoms with E-state index >= 15 is 0 Å². The maximum absolute atomic E-state index is 11.8. The van der Waals surface area contributed by atoms with Crippen molar-refractivity contribution in [2.45, 2.75) is 19.4 Å². The molecule has 3 rings (SSSR count). The van der Waals surface area contributed by atoms with Crippen LogP contribution >= 0.6 is 11.3 Å². The van der Waals surface area contributed by atoms with Crippen LogP contribution in [0.3, 0.4) is 0 Å². The van der Waals surface area contributed by atoms with E-state index < -0.39 is 0 Å². The van der Waals surface area contributed by atoms with Crippen LogP contribution in [0.4, 0.5) is 0 Å². The standard InChI is InChI=1S/C14H14N2OS/c1-2-9-16-11-5-3-4-6-12(11)18-14(16)15-13(17)10-7-8-10/h2-6,10H,1,7-9H2. The number of thiazole rings is 1. The topological polar surface area (TPSA) is 34.4 Å². The lowest BCUT2D eigenvalue weighted by molar-refractivity contribution is -0.119.